The van der Waals surface area contributed by atoms with E-state index in [0.717, 1.165) is 12.8 Å². The highest BCUT2D eigenvalue weighted by atomic mass is 32.2. The van der Waals surface area contributed by atoms with Gasteiger partial charge in [0.1, 0.15) is 16.4 Å². The number of aromatic amines is 1. The lowest BCUT2D eigenvalue weighted by atomic mass is 10.2. The van der Waals surface area contributed by atoms with Crippen LogP contribution in [0.2, 0.25) is 0 Å². The molecule has 152 valence electrons. The lowest BCUT2D eigenvalue weighted by Gasteiger charge is -2.11. The van der Waals surface area contributed by atoms with Gasteiger partial charge in [0, 0.05) is 19.3 Å². The number of hydrogen-bond acceptors (Lipinski definition) is 6. The second-order valence-electron chi connectivity index (χ2n) is 6.73. The number of H-pyrrole nitrogens is 1. The van der Waals surface area contributed by atoms with Crippen molar-refractivity contribution >= 4 is 21.6 Å². The van der Waals surface area contributed by atoms with E-state index in [1.165, 1.54) is 30.5 Å². The average molecular weight is 419 g/mol. The number of hydrogen-bond donors (Lipinski definition) is 2. The summed E-state index contributed by atoms with van der Waals surface area (Å²) >= 11 is 0. The second kappa shape index (κ2) is 7.32. The highest BCUT2D eigenvalue weighted by Gasteiger charge is 2.26. The minimum absolute atomic E-state index is 0.00644. The molecule has 1 fully saturated rings. The standard InChI is InChI=1S/C18H18FN5O4S/c1-11-8-12(19)4-5-14(11)23-29(26,27)13-9-15(20-10-13)16-21-22-17(28-16)18(25)24-6-2-3-7-24/h4-5,8-10,20,23H,2-3,6-7H2,1H3. The van der Waals surface area contributed by atoms with Crippen molar-refractivity contribution in [3.63, 3.8) is 0 Å². The number of carbonyl (C=O) groups is 1. The Morgan fingerprint density at radius 1 is 1.24 bits per heavy atom. The van der Waals surface area contributed by atoms with Crippen LogP contribution in [0.25, 0.3) is 11.6 Å². The van der Waals surface area contributed by atoms with Gasteiger partial charge < -0.3 is 14.3 Å². The minimum atomic E-state index is -3.93. The number of aromatic nitrogens is 3. The summed E-state index contributed by atoms with van der Waals surface area (Å²) in [6.07, 6.45) is 3.14. The molecule has 4 rings (SSSR count). The second-order valence-corrected chi connectivity index (χ2v) is 8.41. The monoisotopic (exact) mass is 419 g/mol. The van der Waals surface area contributed by atoms with Crippen LogP contribution in [0, 0.1) is 12.7 Å². The molecule has 1 amide bonds. The van der Waals surface area contributed by atoms with Crippen LogP contribution in [0.4, 0.5) is 10.1 Å². The zero-order chi connectivity index (χ0) is 20.6. The van der Waals surface area contributed by atoms with Crippen molar-refractivity contribution in [1.82, 2.24) is 20.1 Å². The number of amides is 1. The maximum absolute atomic E-state index is 13.2. The van der Waals surface area contributed by atoms with Gasteiger partial charge in [0.05, 0.1) is 5.69 Å². The minimum Gasteiger partial charge on any atom is -0.411 e. The molecule has 0 radical (unpaired) electrons. The van der Waals surface area contributed by atoms with Crippen LogP contribution < -0.4 is 4.72 Å². The molecule has 1 aliphatic heterocycles. The van der Waals surface area contributed by atoms with Gasteiger partial charge in [0.25, 0.3) is 15.9 Å². The van der Waals surface area contributed by atoms with E-state index in [2.05, 4.69) is 19.9 Å². The molecule has 1 aromatic carbocycles. The molecule has 0 aliphatic carbocycles. The van der Waals surface area contributed by atoms with E-state index in [0.29, 0.717) is 18.7 Å². The molecule has 29 heavy (non-hydrogen) atoms. The maximum Gasteiger partial charge on any atom is 0.311 e. The molecule has 0 spiro atoms. The van der Waals surface area contributed by atoms with Crippen LogP contribution in [-0.2, 0) is 10.0 Å². The molecule has 3 aromatic rings. The molecule has 0 unspecified atom stereocenters. The summed E-state index contributed by atoms with van der Waals surface area (Å²) in [5.74, 6) is -0.924. The molecule has 3 heterocycles. The molecule has 0 saturated carbocycles. The Bertz CT molecular complexity index is 1160. The van der Waals surface area contributed by atoms with Gasteiger partial charge in [0.2, 0.25) is 0 Å². The van der Waals surface area contributed by atoms with Gasteiger partial charge >= 0.3 is 11.8 Å². The predicted octanol–water partition coefficient (Wildman–Crippen LogP) is 2.55. The largest absolute Gasteiger partial charge is 0.411 e. The molecule has 0 atom stereocenters. The number of carbonyl (C=O) groups excluding carboxylic acids is 1. The van der Waals surface area contributed by atoms with E-state index in [1.807, 2.05) is 0 Å². The summed E-state index contributed by atoms with van der Waals surface area (Å²) in [5, 5.41) is 7.60. The van der Waals surface area contributed by atoms with Crippen LogP contribution >= 0.6 is 0 Å². The first-order chi connectivity index (χ1) is 13.8. The summed E-state index contributed by atoms with van der Waals surface area (Å²) in [6, 6.07) is 5.07. The Morgan fingerprint density at radius 2 is 2.00 bits per heavy atom. The van der Waals surface area contributed by atoms with Gasteiger partial charge in [-0.3, -0.25) is 9.52 Å². The molecule has 1 aliphatic rings. The van der Waals surface area contributed by atoms with Crippen molar-refractivity contribution in [1.29, 1.82) is 0 Å². The number of rotatable bonds is 5. The lowest BCUT2D eigenvalue weighted by molar-refractivity contribution is 0.0754. The van der Waals surface area contributed by atoms with Crippen molar-refractivity contribution in [2.24, 2.45) is 0 Å². The number of nitrogens with one attached hydrogen (secondary N) is 2. The molecular weight excluding hydrogens is 401 g/mol. The average Bonchev–Trinajstić information content (AvgIpc) is 3.44. The Morgan fingerprint density at radius 3 is 2.72 bits per heavy atom. The number of anilines is 1. The smallest absolute Gasteiger partial charge is 0.311 e. The fourth-order valence-electron chi connectivity index (χ4n) is 3.07. The van der Waals surface area contributed by atoms with E-state index < -0.39 is 15.8 Å². The highest BCUT2D eigenvalue weighted by Crippen LogP contribution is 2.24. The van der Waals surface area contributed by atoms with Crippen molar-refractivity contribution in [2.45, 2.75) is 24.7 Å². The van der Waals surface area contributed by atoms with Crippen LogP contribution in [0.1, 0.15) is 29.1 Å². The SMILES string of the molecule is Cc1cc(F)ccc1NS(=O)(=O)c1c[nH]c(-c2nnc(C(=O)N3CCCC3)o2)c1. The van der Waals surface area contributed by atoms with Gasteiger partial charge in [-0.25, -0.2) is 12.8 Å². The summed E-state index contributed by atoms with van der Waals surface area (Å²) < 4.78 is 46.3. The first kappa shape index (κ1) is 19.1. The van der Waals surface area contributed by atoms with Crippen LogP contribution in [0.5, 0.6) is 0 Å². The van der Waals surface area contributed by atoms with E-state index in [9.17, 15) is 17.6 Å². The predicted molar refractivity (Wildman–Crippen MR) is 101 cm³/mol. The number of benzene rings is 1. The van der Waals surface area contributed by atoms with E-state index in [-0.39, 0.29) is 34.0 Å². The molecule has 2 N–H and O–H groups in total. The molecule has 11 heteroatoms. The summed E-state index contributed by atoms with van der Waals surface area (Å²) in [4.78, 5) is 16.6. The molecule has 0 bridgehead atoms. The maximum atomic E-state index is 13.2. The lowest BCUT2D eigenvalue weighted by Crippen LogP contribution is -2.27. The molecule has 2 aromatic heterocycles. The third-order valence-electron chi connectivity index (χ3n) is 4.63. The van der Waals surface area contributed by atoms with Gasteiger partial charge in [-0.2, -0.15) is 0 Å². The first-order valence-electron chi connectivity index (χ1n) is 8.94. The number of sulfonamides is 1. The zero-order valence-electron chi connectivity index (χ0n) is 15.5. The van der Waals surface area contributed by atoms with Gasteiger partial charge in [0.15, 0.2) is 0 Å². The van der Waals surface area contributed by atoms with Gasteiger partial charge in [-0.1, -0.05) is 0 Å². The van der Waals surface area contributed by atoms with Gasteiger partial charge in [-0.15, -0.1) is 10.2 Å². The van der Waals surface area contributed by atoms with Crippen molar-refractivity contribution < 1.29 is 22.0 Å². The Balaban J connectivity index is 1.54. The highest BCUT2D eigenvalue weighted by molar-refractivity contribution is 7.92. The first-order valence-corrected chi connectivity index (χ1v) is 10.4. The number of halogens is 1. The Kier molecular flexibility index (Phi) is 4.82. The van der Waals surface area contributed by atoms with Crippen molar-refractivity contribution in [2.75, 3.05) is 17.8 Å². The van der Waals surface area contributed by atoms with Crippen LogP contribution in [0.3, 0.4) is 0 Å². The molecule has 1 saturated heterocycles. The quantitative estimate of drug-likeness (QED) is 0.656. The third kappa shape index (κ3) is 3.86. The fourth-order valence-corrected chi connectivity index (χ4v) is 4.20. The zero-order valence-corrected chi connectivity index (χ0v) is 16.3. The summed E-state index contributed by atoms with van der Waals surface area (Å²) in [6.45, 7) is 2.90. The van der Waals surface area contributed by atoms with Gasteiger partial charge in [-0.05, 0) is 49.6 Å². The van der Waals surface area contributed by atoms with E-state index in [1.54, 1.807) is 11.8 Å². The van der Waals surface area contributed by atoms with Crippen molar-refractivity contribution in [3.05, 3.63) is 47.7 Å². The summed E-state index contributed by atoms with van der Waals surface area (Å²) in [5.41, 5.74) is 0.978. The number of aryl methyl sites for hydroxylation is 1. The third-order valence-corrected chi connectivity index (χ3v) is 5.98. The van der Waals surface area contributed by atoms with E-state index >= 15 is 0 Å². The topological polar surface area (TPSA) is 121 Å². The Hall–Kier alpha value is -3.21. The van der Waals surface area contributed by atoms with Crippen molar-refractivity contribution in [3.8, 4) is 11.6 Å². The van der Waals surface area contributed by atoms with Crippen LogP contribution in [0.15, 0.2) is 39.8 Å². The molecular formula is C18H18FN5O4S. The number of likely N-dealkylation sites (tertiary alicyclic amines) is 1. The molecule has 9 nitrogen and oxygen atoms in total. The summed E-state index contributed by atoms with van der Waals surface area (Å²) in [7, 11) is -3.93. The Labute approximate surface area is 166 Å². The van der Waals surface area contributed by atoms with E-state index in [4.69, 9.17) is 4.42 Å². The fraction of sp³-hybridized carbons (Fsp3) is 0.278. The normalized spacial score (nSPS) is 14.3. The van der Waals surface area contributed by atoms with Crippen LogP contribution in [-0.4, -0.2) is 47.5 Å². The number of nitrogens with zero attached hydrogens (tertiary/aromatic N) is 3.